The number of aryl methyl sites for hydroxylation is 1. The minimum atomic E-state index is -3.73. The molecule has 4 rings (SSSR count). The van der Waals surface area contributed by atoms with Gasteiger partial charge >= 0.3 is 0 Å². The lowest BCUT2D eigenvalue weighted by atomic mass is 10.2. The van der Waals surface area contributed by atoms with Crippen molar-refractivity contribution in [3.05, 3.63) is 71.4 Å². The van der Waals surface area contributed by atoms with Crippen LogP contribution in [-0.4, -0.2) is 56.0 Å². The van der Waals surface area contributed by atoms with E-state index in [1.54, 1.807) is 7.11 Å². The van der Waals surface area contributed by atoms with E-state index in [1.807, 2.05) is 42.2 Å². The zero-order valence-corrected chi connectivity index (χ0v) is 19.6. The zero-order valence-electron chi connectivity index (χ0n) is 18.8. The minimum absolute atomic E-state index is 0.0798. The maximum Gasteiger partial charge on any atom is 0.227 e. The number of benzene rings is 2. The fourth-order valence-corrected chi connectivity index (χ4v) is 5.23. The average Bonchev–Trinajstić information content (AvgIpc) is 2.78. The highest BCUT2D eigenvalue weighted by molar-refractivity contribution is 7.88. The van der Waals surface area contributed by atoms with Crippen LogP contribution in [0.5, 0.6) is 5.75 Å². The first-order chi connectivity index (χ1) is 16.2. The van der Waals surface area contributed by atoms with Gasteiger partial charge in [0.15, 0.2) is 0 Å². The maximum absolute atomic E-state index is 13.4. The van der Waals surface area contributed by atoms with Gasteiger partial charge in [-0.1, -0.05) is 0 Å². The molecule has 34 heavy (non-hydrogen) atoms. The molecule has 8 nitrogen and oxygen atoms in total. The number of sulfonamides is 1. The number of aromatic nitrogens is 2. The number of methoxy groups -OCH3 is 1. The monoisotopic (exact) mass is 489 g/mol. The Morgan fingerprint density at radius 1 is 0.971 bits per heavy atom. The lowest BCUT2D eigenvalue weighted by Crippen LogP contribution is -2.49. The Hall–Kier alpha value is -3.31. The van der Waals surface area contributed by atoms with E-state index in [1.165, 1.54) is 4.31 Å². The standard InChI is InChI=1S/C23H25F2N5O3S/c1-16-11-22(27-20-3-5-21(33-2)6-4-20)28-23(26-16)29-7-9-30(10-8-29)34(31,32)15-17-12-18(24)14-19(25)13-17/h3-6,11-14H,7-10,15H2,1-2H3,(H,26,27,28). The summed E-state index contributed by atoms with van der Waals surface area (Å²) in [7, 11) is -2.12. The number of nitrogens with one attached hydrogen (secondary N) is 1. The van der Waals surface area contributed by atoms with E-state index in [9.17, 15) is 17.2 Å². The fraction of sp³-hybridized carbons (Fsp3) is 0.304. The van der Waals surface area contributed by atoms with Gasteiger partial charge in [0.1, 0.15) is 23.2 Å². The van der Waals surface area contributed by atoms with Gasteiger partial charge in [-0.15, -0.1) is 0 Å². The molecule has 0 saturated carbocycles. The maximum atomic E-state index is 13.4. The number of halogens is 2. The zero-order chi connectivity index (χ0) is 24.3. The van der Waals surface area contributed by atoms with E-state index in [2.05, 4.69) is 15.3 Å². The lowest BCUT2D eigenvalue weighted by Gasteiger charge is -2.34. The molecule has 0 spiro atoms. The smallest absolute Gasteiger partial charge is 0.227 e. The van der Waals surface area contributed by atoms with Gasteiger partial charge in [0.2, 0.25) is 16.0 Å². The molecular formula is C23H25F2N5O3S. The number of rotatable bonds is 7. The van der Waals surface area contributed by atoms with Gasteiger partial charge in [0.05, 0.1) is 12.9 Å². The summed E-state index contributed by atoms with van der Waals surface area (Å²) in [5.74, 6) is -0.189. The van der Waals surface area contributed by atoms with Crippen LogP contribution in [0.3, 0.4) is 0 Å². The third-order valence-corrected chi connectivity index (χ3v) is 7.24. The quantitative estimate of drug-likeness (QED) is 0.544. The van der Waals surface area contributed by atoms with E-state index in [0.717, 1.165) is 29.3 Å². The summed E-state index contributed by atoms with van der Waals surface area (Å²) in [5.41, 5.74) is 1.69. The molecule has 0 radical (unpaired) electrons. The number of ether oxygens (including phenoxy) is 1. The summed E-state index contributed by atoms with van der Waals surface area (Å²) < 4.78 is 59.0. The van der Waals surface area contributed by atoms with Crippen molar-refractivity contribution in [1.82, 2.24) is 14.3 Å². The Morgan fingerprint density at radius 2 is 1.62 bits per heavy atom. The molecule has 1 fully saturated rings. The van der Waals surface area contributed by atoms with Gasteiger partial charge in [-0.2, -0.15) is 9.29 Å². The molecule has 1 aromatic heterocycles. The average molecular weight is 490 g/mol. The van der Waals surface area contributed by atoms with Gasteiger partial charge in [0.25, 0.3) is 0 Å². The van der Waals surface area contributed by atoms with E-state index in [-0.39, 0.29) is 18.7 Å². The molecule has 1 aliphatic heterocycles. The summed E-state index contributed by atoms with van der Waals surface area (Å²) in [6.07, 6.45) is 0. The van der Waals surface area contributed by atoms with Crippen LogP contribution in [0.25, 0.3) is 0 Å². The molecule has 0 aliphatic carbocycles. The second kappa shape index (κ2) is 9.90. The number of anilines is 3. The molecule has 180 valence electrons. The third-order valence-electron chi connectivity index (χ3n) is 5.39. The summed E-state index contributed by atoms with van der Waals surface area (Å²) in [4.78, 5) is 11.0. The Morgan fingerprint density at radius 3 is 2.24 bits per heavy atom. The first kappa shape index (κ1) is 23.8. The molecule has 2 aromatic carbocycles. The summed E-state index contributed by atoms with van der Waals surface area (Å²) in [6.45, 7) is 3.09. The molecular weight excluding hydrogens is 464 g/mol. The molecule has 0 amide bonds. The normalized spacial score (nSPS) is 14.8. The van der Waals surface area contributed by atoms with Crippen molar-refractivity contribution in [3.63, 3.8) is 0 Å². The van der Waals surface area contributed by atoms with Gasteiger partial charge in [-0.05, 0) is 48.9 Å². The Balaban J connectivity index is 1.42. The van der Waals surface area contributed by atoms with E-state index in [0.29, 0.717) is 30.9 Å². The number of nitrogens with zero attached hydrogens (tertiary/aromatic N) is 4. The third kappa shape index (κ3) is 5.78. The summed E-state index contributed by atoms with van der Waals surface area (Å²) in [5, 5.41) is 3.24. The van der Waals surface area contributed by atoms with Crippen LogP contribution < -0.4 is 15.0 Å². The van der Waals surface area contributed by atoms with Crippen LogP contribution >= 0.6 is 0 Å². The van der Waals surface area contributed by atoms with Crippen LogP contribution in [0.2, 0.25) is 0 Å². The second-order valence-corrected chi connectivity index (χ2v) is 9.94. The summed E-state index contributed by atoms with van der Waals surface area (Å²) in [6, 6.07) is 12.1. The highest BCUT2D eigenvalue weighted by Crippen LogP contribution is 2.22. The predicted octanol–water partition coefficient (Wildman–Crippen LogP) is 3.47. The van der Waals surface area contributed by atoms with Crippen LogP contribution in [0, 0.1) is 18.6 Å². The Bertz CT molecular complexity index is 1240. The molecule has 0 unspecified atom stereocenters. The molecule has 11 heteroatoms. The van der Waals surface area contributed by atoms with E-state index >= 15 is 0 Å². The topological polar surface area (TPSA) is 87.7 Å². The van der Waals surface area contributed by atoms with E-state index < -0.39 is 27.4 Å². The number of piperazine rings is 1. The number of hydrogen-bond donors (Lipinski definition) is 1. The highest BCUT2D eigenvalue weighted by atomic mass is 32.2. The van der Waals surface area contributed by atoms with Crippen LogP contribution in [0.1, 0.15) is 11.3 Å². The predicted molar refractivity (Wildman–Crippen MR) is 126 cm³/mol. The van der Waals surface area contributed by atoms with Crippen molar-refractivity contribution in [1.29, 1.82) is 0 Å². The molecule has 2 heterocycles. The molecule has 1 aliphatic rings. The SMILES string of the molecule is COc1ccc(Nc2cc(C)nc(N3CCN(S(=O)(=O)Cc4cc(F)cc(F)c4)CC3)n2)cc1. The molecule has 1 saturated heterocycles. The van der Waals surface area contributed by atoms with Crippen LogP contribution in [-0.2, 0) is 15.8 Å². The van der Waals surface area contributed by atoms with E-state index in [4.69, 9.17) is 4.74 Å². The fourth-order valence-electron chi connectivity index (χ4n) is 3.74. The first-order valence-electron chi connectivity index (χ1n) is 10.7. The molecule has 0 atom stereocenters. The Kier molecular flexibility index (Phi) is 6.94. The Labute approximate surface area is 197 Å². The van der Waals surface area contributed by atoms with Gasteiger partial charge in [0, 0.05) is 49.7 Å². The van der Waals surface area contributed by atoms with Crippen molar-refractivity contribution >= 4 is 27.5 Å². The molecule has 0 bridgehead atoms. The van der Waals surface area contributed by atoms with Crippen LogP contribution in [0.4, 0.5) is 26.2 Å². The second-order valence-electron chi connectivity index (χ2n) is 7.97. The van der Waals surface area contributed by atoms with Crippen molar-refractivity contribution in [2.24, 2.45) is 0 Å². The number of hydrogen-bond acceptors (Lipinski definition) is 7. The van der Waals surface area contributed by atoms with Gasteiger partial charge < -0.3 is 15.0 Å². The minimum Gasteiger partial charge on any atom is -0.497 e. The van der Waals surface area contributed by atoms with Crippen molar-refractivity contribution in [2.75, 3.05) is 43.5 Å². The molecule has 3 aromatic rings. The molecule has 1 N–H and O–H groups in total. The van der Waals surface area contributed by atoms with Gasteiger partial charge in [-0.25, -0.2) is 22.2 Å². The van der Waals surface area contributed by atoms with Crippen molar-refractivity contribution in [3.8, 4) is 5.75 Å². The summed E-state index contributed by atoms with van der Waals surface area (Å²) >= 11 is 0. The first-order valence-corrected chi connectivity index (χ1v) is 12.3. The lowest BCUT2D eigenvalue weighted by molar-refractivity contribution is 0.382. The highest BCUT2D eigenvalue weighted by Gasteiger charge is 2.28. The van der Waals surface area contributed by atoms with Crippen LogP contribution in [0.15, 0.2) is 48.5 Å². The van der Waals surface area contributed by atoms with Gasteiger partial charge in [-0.3, -0.25) is 0 Å². The van der Waals surface area contributed by atoms with Crippen molar-refractivity contribution in [2.45, 2.75) is 12.7 Å². The largest absolute Gasteiger partial charge is 0.497 e. The van der Waals surface area contributed by atoms with Crippen molar-refractivity contribution < 1.29 is 21.9 Å².